The van der Waals surface area contributed by atoms with Gasteiger partial charge in [-0.05, 0) is 42.8 Å². The molecule has 2 aromatic rings. The fourth-order valence-electron chi connectivity index (χ4n) is 3.68. The summed E-state index contributed by atoms with van der Waals surface area (Å²) in [6.07, 6.45) is 1.46. The number of hydrogen-bond acceptors (Lipinski definition) is 3. The second-order valence-electron chi connectivity index (χ2n) is 7.04. The Labute approximate surface area is 161 Å². The van der Waals surface area contributed by atoms with Crippen molar-refractivity contribution in [2.24, 2.45) is 5.92 Å². The molecule has 0 saturated carbocycles. The Kier molecular flexibility index (Phi) is 4.81. The molecule has 7 heteroatoms. The van der Waals surface area contributed by atoms with Crippen LogP contribution < -0.4 is 15.1 Å². The molecule has 0 spiro atoms. The molecule has 0 aromatic heterocycles. The molecule has 28 heavy (non-hydrogen) atoms. The van der Waals surface area contributed by atoms with Crippen molar-refractivity contribution < 1.29 is 18.8 Å². The minimum Gasteiger partial charge on any atom is -0.326 e. The van der Waals surface area contributed by atoms with Crippen LogP contribution in [0.2, 0.25) is 0 Å². The first-order valence-corrected chi connectivity index (χ1v) is 9.29. The lowest BCUT2D eigenvalue weighted by molar-refractivity contribution is -0.122. The summed E-state index contributed by atoms with van der Waals surface area (Å²) in [5.41, 5.74) is 1.60. The zero-order valence-corrected chi connectivity index (χ0v) is 15.2. The number of carbonyl (C=O) groups excluding carboxylic acids is 3. The van der Waals surface area contributed by atoms with E-state index in [9.17, 15) is 18.8 Å². The van der Waals surface area contributed by atoms with Crippen molar-refractivity contribution >= 4 is 34.8 Å². The molecule has 2 aliphatic rings. The Bertz CT molecular complexity index is 929. The molecule has 0 unspecified atom stereocenters. The van der Waals surface area contributed by atoms with Crippen molar-refractivity contribution in [3.05, 3.63) is 54.3 Å². The number of carbonyl (C=O) groups is 3. The third-order valence-corrected chi connectivity index (χ3v) is 5.16. The average Bonchev–Trinajstić information content (AvgIpc) is 3.29. The van der Waals surface area contributed by atoms with E-state index in [1.807, 2.05) is 0 Å². The van der Waals surface area contributed by atoms with Crippen molar-refractivity contribution in [3.8, 4) is 0 Å². The second kappa shape index (κ2) is 7.42. The van der Waals surface area contributed by atoms with Crippen LogP contribution in [0, 0.1) is 11.7 Å². The van der Waals surface area contributed by atoms with E-state index in [4.69, 9.17) is 0 Å². The third-order valence-electron chi connectivity index (χ3n) is 5.16. The summed E-state index contributed by atoms with van der Waals surface area (Å²) in [7, 11) is 0. The van der Waals surface area contributed by atoms with Gasteiger partial charge < -0.3 is 15.1 Å². The standard InChI is InChI=1S/C21H20FN3O3/c22-17-4-1-2-5-18(17)25-13-14(12-20(25)27)21(28)23-15-7-9-16(10-8-15)24-11-3-6-19(24)26/h1-2,4-5,7-10,14H,3,6,11-13H2,(H,23,28)/t14-/m1/s1. The molecule has 2 saturated heterocycles. The molecule has 144 valence electrons. The summed E-state index contributed by atoms with van der Waals surface area (Å²) in [6.45, 7) is 0.854. The fraction of sp³-hybridized carbons (Fsp3) is 0.286. The van der Waals surface area contributed by atoms with Crippen LogP contribution in [0.15, 0.2) is 48.5 Å². The molecule has 1 N–H and O–H groups in total. The number of benzene rings is 2. The number of nitrogens with one attached hydrogen (secondary N) is 1. The Hall–Kier alpha value is -3.22. The molecule has 1 atom stereocenters. The maximum atomic E-state index is 14.0. The average molecular weight is 381 g/mol. The van der Waals surface area contributed by atoms with E-state index < -0.39 is 11.7 Å². The van der Waals surface area contributed by atoms with Crippen LogP contribution in [0.5, 0.6) is 0 Å². The number of anilines is 3. The number of amides is 3. The summed E-state index contributed by atoms with van der Waals surface area (Å²) in [5.74, 6) is -1.48. The molecule has 6 nitrogen and oxygen atoms in total. The Morgan fingerprint density at radius 1 is 1.00 bits per heavy atom. The van der Waals surface area contributed by atoms with Crippen molar-refractivity contribution in [2.75, 3.05) is 28.2 Å². The summed E-state index contributed by atoms with van der Waals surface area (Å²) < 4.78 is 14.0. The lowest BCUT2D eigenvalue weighted by Crippen LogP contribution is -2.28. The molecule has 0 bridgehead atoms. The van der Waals surface area contributed by atoms with Crippen LogP contribution in [0.3, 0.4) is 0 Å². The lowest BCUT2D eigenvalue weighted by atomic mass is 10.1. The summed E-state index contributed by atoms with van der Waals surface area (Å²) in [5, 5.41) is 2.81. The van der Waals surface area contributed by atoms with Crippen LogP contribution in [0.1, 0.15) is 19.3 Å². The molecule has 0 radical (unpaired) electrons. The molecule has 4 rings (SSSR count). The maximum Gasteiger partial charge on any atom is 0.229 e. The third kappa shape index (κ3) is 3.47. The van der Waals surface area contributed by atoms with Crippen molar-refractivity contribution in [1.82, 2.24) is 0 Å². The van der Waals surface area contributed by atoms with Crippen molar-refractivity contribution in [1.29, 1.82) is 0 Å². The predicted octanol–water partition coefficient (Wildman–Crippen LogP) is 2.94. The van der Waals surface area contributed by atoms with Gasteiger partial charge >= 0.3 is 0 Å². The first-order chi connectivity index (χ1) is 13.5. The Morgan fingerprint density at radius 2 is 1.75 bits per heavy atom. The maximum absolute atomic E-state index is 14.0. The normalized spacial score (nSPS) is 19.4. The monoisotopic (exact) mass is 381 g/mol. The molecule has 3 amide bonds. The van der Waals surface area contributed by atoms with Gasteiger partial charge in [0.05, 0.1) is 11.6 Å². The minimum atomic E-state index is -0.549. The summed E-state index contributed by atoms with van der Waals surface area (Å²) in [4.78, 5) is 39.7. The van der Waals surface area contributed by atoms with E-state index in [1.54, 1.807) is 41.3 Å². The van der Waals surface area contributed by atoms with Crippen LogP contribution >= 0.6 is 0 Å². The summed E-state index contributed by atoms with van der Waals surface area (Å²) in [6, 6.07) is 13.1. The molecular formula is C21H20FN3O3. The molecule has 2 aliphatic heterocycles. The topological polar surface area (TPSA) is 69.7 Å². The lowest BCUT2D eigenvalue weighted by Gasteiger charge is -2.18. The molecule has 2 fully saturated rings. The van der Waals surface area contributed by atoms with Gasteiger partial charge in [0.15, 0.2) is 0 Å². The highest BCUT2D eigenvalue weighted by molar-refractivity contribution is 6.03. The minimum absolute atomic E-state index is 0.0422. The van der Waals surface area contributed by atoms with Gasteiger partial charge in [0, 0.05) is 37.3 Å². The fourth-order valence-corrected chi connectivity index (χ4v) is 3.68. The van der Waals surface area contributed by atoms with Crippen molar-refractivity contribution in [3.63, 3.8) is 0 Å². The first kappa shape index (κ1) is 18.2. The zero-order chi connectivity index (χ0) is 19.7. The highest BCUT2D eigenvalue weighted by atomic mass is 19.1. The van der Waals surface area contributed by atoms with Gasteiger partial charge in [0.1, 0.15) is 5.82 Å². The smallest absolute Gasteiger partial charge is 0.229 e. The quantitative estimate of drug-likeness (QED) is 0.885. The first-order valence-electron chi connectivity index (χ1n) is 9.29. The van der Waals surface area contributed by atoms with E-state index in [1.165, 1.54) is 17.0 Å². The highest BCUT2D eigenvalue weighted by Gasteiger charge is 2.36. The van der Waals surface area contributed by atoms with Gasteiger partial charge in [-0.1, -0.05) is 12.1 Å². The predicted molar refractivity (Wildman–Crippen MR) is 104 cm³/mol. The number of halogens is 1. The van der Waals surface area contributed by atoms with E-state index >= 15 is 0 Å². The van der Waals surface area contributed by atoms with Gasteiger partial charge in [-0.2, -0.15) is 0 Å². The van der Waals surface area contributed by atoms with Crippen LogP contribution in [-0.2, 0) is 14.4 Å². The van der Waals surface area contributed by atoms with E-state index in [0.717, 1.165) is 12.1 Å². The molecule has 2 aromatic carbocycles. The molecule has 0 aliphatic carbocycles. The van der Waals surface area contributed by atoms with Gasteiger partial charge in [0.25, 0.3) is 0 Å². The SMILES string of the molecule is O=C(Nc1ccc(N2CCCC2=O)cc1)[C@@H]1CC(=O)N(c2ccccc2F)C1. The van der Waals surface area contributed by atoms with E-state index in [0.29, 0.717) is 18.7 Å². The molecular weight excluding hydrogens is 361 g/mol. The molecule has 2 heterocycles. The Morgan fingerprint density at radius 3 is 2.43 bits per heavy atom. The highest BCUT2D eigenvalue weighted by Crippen LogP contribution is 2.28. The van der Waals surface area contributed by atoms with E-state index in [-0.39, 0.29) is 36.4 Å². The Balaban J connectivity index is 1.41. The van der Waals surface area contributed by atoms with Gasteiger partial charge in [-0.15, -0.1) is 0 Å². The number of rotatable bonds is 4. The number of para-hydroxylation sites is 1. The van der Waals surface area contributed by atoms with Crippen LogP contribution in [0.25, 0.3) is 0 Å². The van der Waals surface area contributed by atoms with Crippen LogP contribution in [0.4, 0.5) is 21.5 Å². The van der Waals surface area contributed by atoms with E-state index in [2.05, 4.69) is 5.32 Å². The van der Waals surface area contributed by atoms with Gasteiger partial charge in [0.2, 0.25) is 17.7 Å². The van der Waals surface area contributed by atoms with Crippen molar-refractivity contribution in [2.45, 2.75) is 19.3 Å². The van der Waals surface area contributed by atoms with Crippen LogP contribution in [-0.4, -0.2) is 30.8 Å². The number of nitrogens with zero attached hydrogens (tertiary/aromatic N) is 2. The summed E-state index contributed by atoms with van der Waals surface area (Å²) >= 11 is 0. The van der Waals surface area contributed by atoms with Gasteiger partial charge in [-0.25, -0.2) is 4.39 Å². The largest absolute Gasteiger partial charge is 0.326 e. The number of hydrogen-bond donors (Lipinski definition) is 1. The second-order valence-corrected chi connectivity index (χ2v) is 7.04. The van der Waals surface area contributed by atoms with Gasteiger partial charge in [-0.3, -0.25) is 14.4 Å². The zero-order valence-electron chi connectivity index (χ0n) is 15.2.